The number of rotatable bonds is 14. The summed E-state index contributed by atoms with van der Waals surface area (Å²) in [5.41, 5.74) is 5.56. The van der Waals surface area contributed by atoms with Gasteiger partial charge >= 0.3 is 0 Å². The number of carbonyl (C=O) groups excluding carboxylic acids is 2. The van der Waals surface area contributed by atoms with Gasteiger partial charge in [0.25, 0.3) is 5.69 Å². The molecule has 0 N–H and O–H groups in total. The number of Topliss-reactive ketones (excluding diaryl/α,β-unsaturated/α-hetero) is 2. The van der Waals surface area contributed by atoms with Crippen molar-refractivity contribution in [1.82, 2.24) is 9.88 Å². The maximum absolute atomic E-state index is 13.6. The molecule has 0 unspecified atom stereocenters. The molecule has 48 heavy (non-hydrogen) atoms. The van der Waals surface area contributed by atoms with E-state index < -0.39 is 4.92 Å². The van der Waals surface area contributed by atoms with Crippen LogP contribution in [0, 0.1) is 24.0 Å². The number of ketones is 2. The second kappa shape index (κ2) is 16.8. The number of hydrogen-bond donors (Lipinski definition) is 0. The van der Waals surface area contributed by atoms with Crippen molar-refractivity contribution in [3.8, 4) is 11.1 Å². The molecule has 1 aromatic heterocycles. The van der Waals surface area contributed by atoms with E-state index in [0.717, 1.165) is 64.6 Å². The maximum atomic E-state index is 13.6. The van der Waals surface area contributed by atoms with Gasteiger partial charge in [-0.2, -0.15) is 0 Å². The lowest BCUT2D eigenvalue weighted by molar-refractivity contribution is -0.384. The van der Waals surface area contributed by atoms with Crippen LogP contribution >= 0.6 is 12.4 Å². The van der Waals surface area contributed by atoms with E-state index in [9.17, 15) is 19.7 Å². The van der Waals surface area contributed by atoms with Gasteiger partial charge in [0.1, 0.15) is 0 Å². The summed E-state index contributed by atoms with van der Waals surface area (Å²) in [7, 11) is 0. The number of hydrogen-bond acceptors (Lipinski definition) is 6. The highest BCUT2D eigenvalue weighted by Gasteiger charge is 2.37. The van der Waals surface area contributed by atoms with Crippen molar-refractivity contribution >= 4 is 29.7 Å². The first kappa shape index (κ1) is 36.6. The Labute approximate surface area is 290 Å². The number of nitrogens with zero attached hydrogens (tertiary/aromatic N) is 3. The minimum atomic E-state index is -0.465. The second-order valence-corrected chi connectivity index (χ2v) is 12.9. The maximum Gasteiger partial charge on any atom is 0.270 e. The Morgan fingerprint density at radius 3 is 1.94 bits per heavy atom. The minimum Gasteiger partial charge on any atom is -0.303 e. The number of piperidine rings is 1. The fraction of sp³-hybridized carbons (Fsp3) is 0.375. The lowest BCUT2D eigenvalue weighted by atomic mass is 9.68. The SMILES string of the molecule is CC(=O)c1c(C)nc(C)c(C(=O)CCCCCCCN2CCC(c3ccccc3)(c3ccccc3)CC2)c1-c1cccc([N+](=O)[O-])c1.Cl. The van der Waals surface area contributed by atoms with E-state index in [-0.39, 0.29) is 35.1 Å². The van der Waals surface area contributed by atoms with Crippen LogP contribution in [-0.2, 0) is 5.41 Å². The van der Waals surface area contributed by atoms with Gasteiger partial charge in [0.05, 0.1) is 4.92 Å². The fourth-order valence-corrected chi connectivity index (χ4v) is 7.38. The Balaban J connectivity index is 0.00000520. The molecule has 3 aromatic carbocycles. The van der Waals surface area contributed by atoms with Crippen molar-refractivity contribution in [2.24, 2.45) is 0 Å². The lowest BCUT2D eigenvalue weighted by Gasteiger charge is -2.43. The summed E-state index contributed by atoms with van der Waals surface area (Å²) < 4.78 is 0. The standard InChI is InChI=1S/C40H45N3O4.ClH/c1-29-37(31(3)44)39(32-16-15-21-35(28-32)43(46)47)38(30(2)41-29)36(45)22-13-5-4-6-14-25-42-26-23-40(24-27-42,33-17-9-7-10-18-33)34-19-11-8-12-20-34;/h7-12,15-21,28H,4-6,13-14,22-27H2,1-3H3;1H. The third kappa shape index (κ3) is 8.26. The third-order valence-electron chi connectivity index (χ3n) is 9.78. The first-order chi connectivity index (χ1) is 22.7. The van der Waals surface area contributed by atoms with E-state index in [2.05, 4.69) is 70.5 Å². The van der Waals surface area contributed by atoms with Crippen LogP contribution in [0.2, 0.25) is 0 Å². The molecule has 0 aliphatic carbocycles. The van der Waals surface area contributed by atoms with Gasteiger partial charge in [-0.3, -0.25) is 24.7 Å². The molecule has 252 valence electrons. The van der Waals surface area contributed by atoms with Gasteiger partial charge in [-0.1, -0.05) is 92.1 Å². The number of aromatic nitrogens is 1. The summed E-state index contributed by atoms with van der Waals surface area (Å²) >= 11 is 0. The molecule has 7 nitrogen and oxygen atoms in total. The minimum absolute atomic E-state index is 0. The predicted molar refractivity (Wildman–Crippen MR) is 194 cm³/mol. The Kier molecular flexibility index (Phi) is 12.8. The number of halogens is 1. The number of pyridine rings is 1. The van der Waals surface area contributed by atoms with Crippen LogP contribution in [0.5, 0.6) is 0 Å². The Morgan fingerprint density at radius 1 is 0.792 bits per heavy atom. The number of nitro groups is 1. The van der Waals surface area contributed by atoms with Gasteiger partial charge in [-0.25, -0.2) is 0 Å². The van der Waals surface area contributed by atoms with E-state index in [4.69, 9.17) is 0 Å². The number of unbranched alkanes of at least 4 members (excludes halogenated alkanes) is 4. The van der Waals surface area contributed by atoms with Gasteiger partial charge in [-0.15, -0.1) is 12.4 Å². The fourth-order valence-electron chi connectivity index (χ4n) is 7.38. The summed E-state index contributed by atoms with van der Waals surface area (Å²) in [6.45, 7) is 8.21. The third-order valence-corrected chi connectivity index (χ3v) is 9.78. The van der Waals surface area contributed by atoms with Crippen molar-refractivity contribution < 1.29 is 14.5 Å². The molecule has 0 atom stereocenters. The Morgan fingerprint density at radius 2 is 1.35 bits per heavy atom. The van der Waals surface area contributed by atoms with Crippen LogP contribution in [0.4, 0.5) is 5.69 Å². The van der Waals surface area contributed by atoms with E-state index in [1.54, 1.807) is 26.0 Å². The molecule has 5 rings (SSSR count). The number of carbonyl (C=O) groups is 2. The van der Waals surface area contributed by atoms with Crippen molar-refractivity contribution in [1.29, 1.82) is 0 Å². The van der Waals surface area contributed by atoms with Gasteiger partial charge < -0.3 is 4.90 Å². The molecule has 8 heteroatoms. The van der Waals surface area contributed by atoms with Gasteiger partial charge in [0.2, 0.25) is 0 Å². The summed E-state index contributed by atoms with van der Waals surface area (Å²) in [6, 6.07) is 28.1. The highest BCUT2D eigenvalue weighted by Crippen LogP contribution is 2.42. The average molecular weight is 668 g/mol. The van der Waals surface area contributed by atoms with Crippen LogP contribution in [-0.4, -0.2) is 46.0 Å². The average Bonchev–Trinajstić information content (AvgIpc) is 3.08. The monoisotopic (exact) mass is 667 g/mol. The largest absolute Gasteiger partial charge is 0.303 e. The van der Waals surface area contributed by atoms with E-state index in [0.29, 0.717) is 40.1 Å². The van der Waals surface area contributed by atoms with Gasteiger partial charge in [0, 0.05) is 52.0 Å². The zero-order valence-electron chi connectivity index (χ0n) is 28.2. The number of benzene rings is 3. The molecule has 1 saturated heterocycles. The summed E-state index contributed by atoms with van der Waals surface area (Å²) in [5, 5.41) is 11.5. The summed E-state index contributed by atoms with van der Waals surface area (Å²) in [5.74, 6) is -0.294. The normalized spacial score (nSPS) is 14.2. The molecular weight excluding hydrogens is 622 g/mol. The first-order valence-electron chi connectivity index (χ1n) is 16.8. The molecular formula is C40H46ClN3O4. The van der Waals surface area contributed by atoms with Crippen LogP contribution in [0.15, 0.2) is 84.9 Å². The zero-order chi connectivity index (χ0) is 33.4. The quantitative estimate of drug-likeness (QED) is 0.0575. The number of aryl methyl sites for hydroxylation is 2. The summed E-state index contributed by atoms with van der Waals surface area (Å²) in [6.07, 6.45) is 7.57. The zero-order valence-corrected chi connectivity index (χ0v) is 29.1. The molecule has 2 heterocycles. The number of nitro benzene ring substituents is 1. The van der Waals surface area contributed by atoms with Crippen LogP contribution in [0.3, 0.4) is 0 Å². The van der Waals surface area contributed by atoms with Crippen LogP contribution in [0.1, 0.15) is 102 Å². The first-order valence-corrected chi connectivity index (χ1v) is 16.8. The van der Waals surface area contributed by atoms with Gasteiger partial charge in [0.15, 0.2) is 11.6 Å². The Hall–Kier alpha value is -4.20. The highest BCUT2D eigenvalue weighted by atomic mass is 35.5. The van der Waals surface area contributed by atoms with Gasteiger partial charge in [-0.05, 0) is 82.8 Å². The molecule has 0 spiro atoms. The number of likely N-dealkylation sites (tertiary alicyclic amines) is 1. The summed E-state index contributed by atoms with van der Waals surface area (Å²) in [4.78, 5) is 44.5. The topological polar surface area (TPSA) is 93.4 Å². The smallest absolute Gasteiger partial charge is 0.270 e. The molecule has 0 bridgehead atoms. The second-order valence-electron chi connectivity index (χ2n) is 12.9. The lowest BCUT2D eigenvalue weighted by Crippen LogP contribution is -2.43. The predicted octanol–water partition coefficient (Wildman–Crippen LogP) is 9.50. The Bertz CT molecular complexity index is 1680. The van der Waals surface area contributed by atoms with Crippen molar-refractivity contribution in [3.05, 3.63) is 129 Å². The van der Waals surface area contributed by atoms with Crippen molar-refractivity contribution in [2.75, 3.05) is 19.6 Å². The van der Waals surface area contributed by atoms with Crippen molar-refractivity contribution in [2.45, 2.75) is 77.6 Å². The van der Waals surface area contributed by atoms with E-state index in [1.807, 2.05) is 0 Å². The number of non-ortho nitro benzene ring substituents is 1. The molecule has 4 aromatic rings. The molecule has 1 aliphatic rings. The molecule has 0 saturated carbocycles. The van der Waals surface area contributed by atoms with E-state index >= 15 is 0 Å². The van der Waals surface area contributed by atoms with Crippen LogP contribution < -0.4 is 0 Å². The highest BCUT2D eigenvalue weighted by molar-refractivity contribution is 6.11. The van der Waals surface area contributed by atoms with Crippen molar-refractivity contribution in [3.63, 3.8) is 0 Å². The van der Waals surface area contributed by atoms with Crippen LogP contribution in [0.25, 0.3) is 11.1 Å². The molecule has 0 radical (unpaired) electrons. The molecule has 0 amide bonds. The van der Waals surface area contributed by atoms with E-state index in [1.165, 1.54) is 30.2 Å². The molecule has 1 aliphatic heterocycles. The molecule has 1 fully saturated rings.